The Balaban J connectivity index is 2.76. The van der Waals surface area contributed by atoms with E-state index in [2.05, 4.69) is 59.7 Å². The van der Waals surface area contributed by atoms with Gasteiger partial charge in [0.2, 0.25) is 0 Å². The van der Waals surface area contributed by atoms with Crippen LogP contribution in [0.3, 0.4) is 0 Å². The molecule has 1 aliphatic carbocycles. The van der Waals surface area contributed by atoms with E-state index in [1.807, 2.05) is 0 Å². The third kappa shape index (κ3) is 1.61. The van der Waals surface area contributed by atoms with Crippen molar-refractivity contribution in [3.05, 3.63) is 51.1 Å². The van der Waals surface area contributed by atoms with Gasteiger partial charge in [0.1, 0.15) is 0 Å². The highest BCUT2D eigenvalue weighted by Gasteiger charge is 2.36. The Hall–Kier alpha value is -0.700. The second-order valence-corrected chi connectivity index (χ2v) is 6.05. The van der Waals surface area contributed by atoms with Crippen LogP contribution in [-0.4, -0.2) is 4.51 Å². The lowest BCUT2D eigenvalue weighted by Gasteiger charge is -2.21. The van der Waals surface area contributed by atoms with E-state index in [0.29, 0.717) is 0 Å². The van der Waals surface area contributed by atoms with E-state index in [1.54, 1.807) is 0 Å². The Morgan fingerprint density at radius 1 is 1.25 bits per heavy atom. The van der Waals surface area contributed by atoms with Crippen molar-refractivity contribution in [3.63, 3.8) is 0 Å². The summed E-state index contributed by atoms with van der Waals surface area (Å²) < 4.78 is 6.39. The van der Waals surface area contributed by atoms with Crippen molar-refractivity contribution in [3.8, 4) is 0 Å². The van der Waals surface area contributed by atoms with Crippen LogP contribution in [0.5, 0.6) is 0 Å². The largest absolute Gasteiger partial charge is 0.101 e. The average Bonchev–Trinajstić information content (AvgIpc) is 2.49. The molecule has 84 valence electrons. The first kappa shape index (κ1) is 11.8. The molecule has 1 aromatic rings. The van der Waals surface area contributed by atoms with Gasteiger partial charge in [-0.25, -0.2) is 0 Å². The summed E-state index contributed by atoms with van der Waals surface area (Å²) in [6.45, 7) is 6.76. The van der Waals surface area contributed by atoms with E-state index in [9.17, 15) is 0 Å². The number of allylic oxidation sites excluding steroid dienone is 3. The topological polar surface area (TPSA) is 0 Å². The molecule has 0 fully saturated rings. The molecule has 0 unspecified atom stereocenters. The molecule has 0 nitrogen and oxygen atoms in total. The van der Waals surface area contributed by atoms with E-state index >= 15 is 0 Å². The van der Waals surface area contributed by atoms with Gasteiger partial charge in [-0.05, 0) is 33.3 Å². The molecule has 0 amide bonds. The van der Waals surface area contributed by atoms with Crippen LogP contribution in [0.1, 0.15) is 31.9 Å². The molecule has 0 aromatic heterocycles. The Morgan fingerprint density at radius 2 is 1.94 bits per heavy atom. The van der Waals surface area contributed by atoms with E-state index in [1.165, 1.54) is 22.3 Å². The van der Waals surface area contributed by atoms with Crippen molar-refractivity contribution < 1.29 is 0 Å². The predicted molar refractivity (Wildman–Crippen MR) is 82.3 cm³/mol. The van der Waals surface area contributed by atoms with E-state index in [4.69, 9.17) is 0 Å². The molecule has 1 heteroatoms. The number of hydrogen-bond donors (Lipinski definition) is 0. The van der Waals surface area contributed by atoms with Gasteiger partial charge < -0.3 is 0 Å². The Labute approximate surface area is 108 Å². The maximum absolute atomic E-state index is 4.04. The summed E-state index contributed by atoms with van der Waals surface area (Å²) in [5.74, 6) is 0. The van der Waals surface area contributed by atoms with Crippen molar-refractivity contribution >= 4 is 30.8 Å². The number of benzene rings is 1. The molecule has 0 bridgehead atoms. The van der Waals surface area contributed by atoms with Gasteiger partial charge in [-0.1, -0.05) is 48.7 Å². The summed E-state index contributed by atoms with van der Waals surface area (Å²) in [6.07, 6.45) is 2.26. The third-order valence-electron chi connectivity index (χ3n) is 3.33. The molecule has 0 saturated carbocycles. The minimum absolute atomic E-state index is 0.0600. The second kappa shape index (κ2) is 4.28. The van der Waals surface area contributed by atoms with Crippen LogP contribution >= 0.6 is 20.7 Å². The van der Waals surface area contributed by atoms with Gasteiger partial charge >= 0.3 is 0 Å². The van der Waals surface area contributed by atoms with Crippen LogP contribution in [0.4, 0.5) is 0 Å². The van der Waals surface area contributed by atoms with E-state index in [-0.39, 0.29) is 26.1 Å². The van der Waals surface area contributed by atoms with Crippen LogP contribution in [0, 0.1) is 0 Å². The Morgan fingerprint density at radius 3 is 2.56 bits per heavy atom. The van der Waals surface area contributed by atoms with Crippen molar-refractivity contribution in [2.24, 2.45) is 0 Å². The van der Waals surface area contributed by atoms with Crippen LogP contribution in [0.25, 0.3) is 5.57 Å². The maximum Gasteiger partial charge on any atom is 0.0155 e. The van der Waals surface area contributed by atoms with Crippen LogP contribution in [0.15, 0.2) is 40.0 Å². The Kier molecular flexibility index (Phi) is 3.15. The minimum atomic E-state index is -0.0600. The molecule has 0 aliphatic heterocycles. The van der Waals surface area contributed by atoms with Gasteiger partial charge in [0.05, 0.1) is 0 Å². The summed E-state index contributed by atoms with van der Waals surface area (Å²) in [5, 5.41) is 0. The fraction of sp³-hybridized carbons (Fsp3) is 0.267. The molecule has 0 heterocycles. The minimum Gasteiger partial charge on any atom is -0.101 e. The fourth-order valence-corrected chi connectivity index (χ4v) is 3.71. The smallest absolute Gasteiger partial charge is 0.0155 e. The van der Waals surface area contributed by atoms with Crippen molar-refractivity contribution in [1.82, 2.24) is 0 Å². The molecule has 0 saturated heterocycles. The molecule has 0 N–H and O–H groups in total. The van der Waals surface area contributed by atoms with Crippen molar-refractivity contribution in [1.29, 1.82) is 0 Å². The fourth-order valence-electron chi connectivity index (χ4n) is 2.60. The lowest BCUT2D eigenvalue weighted by Crippen LogP contribution is -2.14. The van der Waals surface area contributed by atoms with Crippen LogP contribution < -0.4 is 0 Å². The average molecular weight is 324 g/mol. The summed E-state index contributed by atoms with van der Waals surface area (Å²) >= 11 is -0.0600. The number of hydrogen-bond acceptors (Lipinski definition) is 0. The molecule has 0 radical (unpaired) electrons. The van der Waals surface area contributed by atoms with Crippen molar-refractivity contribution in [2.45, 2.75) is 26.2 Å². The highest BCUT2D eigenvalue weighted by Crippen LogP contribution is 2.49. The van der Waals surface area contributed by atoms with Gasteiger partial charge in [-0.3, -0.25) is 0 Å². The lowest BCUT2D eigenvalue weighted by molar-refractivity contribution is 0.660. The van der Waals surface area contributed by atoms with Gasteiger partial charge in [-0.2, -0.15) is 0 Å². The zero-order chi connectivity index (χ0) is 11.8. The van der Waals surface area contributed by atoms with Crippen LogP contribution in [0.2, 0.25) is 0 Å². The van der Waals surface area contributed by atoms with Gasteiger partial charge in [0, 0.05) is 5.41 Å². The number of fused-ring (bicyclic) bond motifs is 1. The SMILES string of the molecule is C=I/C=C1\C(=C/C)C(C)(C)c2ccccc21. The third-order valence-corrected chi connectivity index (χ3v) is 4.39. The summed E-state index contributed by atoms with van der Waals surface area (Å²) in [5.41, 5.74) is 5.88. The zero-order valence-electron chi connectivity index (χ0n) is 10.0. The molecular formula is C15H17I. The van der Waals surface area contributed by atoms with E-state index in [0.717, 1.165) is 0 Å². The summed E-state index contributed by atoms with van der Waals surface area (Å²) in [6, 6.07) is 8.75. The first-order valence-electron chi connectivity index (χ1n) is 5.47. The van der Waals surface area contributed by atoms with Crippen molar-refractivity contribution in [2.75, 3.05) is 0 Å². The molecule has 2 rings (SSSR count). The van der Waals surface area contributed by atoms with Gasteiger partial charge in [0.25, 0.3) is 0 Å². The first-order valence-corrected chi connectivity index (χ1v) is 8.24. The van der Waals surface area contributed by atoms with E-state index < -0.39 is 0 Å². The Bertz CT molecular complexity index is 490. The second-order valence-electron chi connectivity index (χ2n) is 4.55. The highest BCUT2D eigenvalue weighted by molar-refractivity contribution is 14.2. The van der Waals surface area contributed by atoms with Gasteiger partial charge in [-0.15, -0.1) is 20.7 Å². The molecule has 1 aromatic carbocycles. The first-order chi connectivity index (χ1) is 7.62. The molecule has 16 heavy (non-hydrogen) atoms. The molecule has 0 atom stereocenters. The normalized spacial score (nSPS) is 22.7. The molecule has 1 aliphatic rings. The highest BCUT2D eigenvalue weighted by atomic mass is 127. The maximum atomic E-state index is 4.04. The predicted octanol–water partition coefficient (Wildman–Crippen LogP) is 4.67. The monoisotopic (exact) mass is 324 g/mol. The standard InChI is InChI=1S/C15H17I/c1-5-13-12(10-16-4)11-8-6-7-9-14(11)15(13,2)3/h5-10H,4H2,1-3H3/b12-10-,13-5+. The summed E-state index contributed by atoms with van der Waals surface area (Å²) in [4.78, 5) is 0. The lowest BCUT2D eigenvalue weighted by atomic mass is 9.82. The molecule has 0 spiro atoms. The summed E-state index contributed by atoms with van der Waals surface area (Å²) in [7, 11) is 0. The quantitative estimate of drug-likeness (QED) is 0.659. The van der Waals surface area contributed by atoms with Crippen LogP contribution in [-0.2, 0) is 5.41 Å². The number of halogens is 1. The molecular weight excluding hydrogens is 307 g/mol. The number of rotatable bonds is 1. The van der Waals surface area contributed by atoms with Gasteiger partial charge in [0.15, 0.2) is 0 Å². The zero-order valence-corrected chi connectivity index (χ0v) is 12.2.